The number of nitrogens with zero attached hydrogens (tertiary/aromatic N) is 2. The van der Waals surface area contributed by atoms with Crippen molar-refractivity contribution in [1.82, 2.24) is 15.0 Å². The number of rotatable bonds is 5. The van der Waals surface area contributed by atoms with E-state index in [1.54, 1.807) is 13.4 Å². The fourth-order valence-corrected chi connectivity index (χ4v) is 3.13. The van der Waals surface area contributed by atoms with E-state index in [1.165, 1.54) is 0 Å². The number of pyridine rings is 1. The molecule has 28 heavy (non-hydrogen) atoms. The molecular weight excluding hydrogens is 380 g/mol. The molecule has 0 bridgehead atoms. The average molecular weight is 403 g/mol. The zero-order valence-electron chi connectivity index (χ0n) is 15.9. The van der Waals surface area contributed by atoms with Crippen LogP contribution in [0.5, 0.6) is 11.5 Å². The maximum Gasteiger partial charge on any atom is 0.142 e. The molecule has 0 spiro atoms. The number of anilines is 2. The maximum atomic E-state index is 5.77. The summed E-state index contributed by atoms with van der Waals surface area (Å²) in [6, 6.07) is 11.7. The number of hydrogen-bond donors (Lipinski definition) is 2. The first-order valence-electron chi connectivity index (χ1n) is 8.51. The second-order valence-corrected chi connectivity index (χ2v) is 5.99. The van der Waals surface area contributed by atoms with Crippen LogP contribution in [0.1, 0.15) is 12.6 Å². The standard InChI is InChI=1S/C20H20N4O2.ClH.H2O/c1-4-26-18-8-5-13(25-3)10-16(18)24-17-9-12(2)23-14-6-7-15-20(19(14)17)22-11-21-15;;/h5-11H,4H2,1-3H3,(H,21,22)(H,23,24);1H;1H2. The van der Waals surface area contributed by atoms with Crippen LogP contribution in [-0.4, -0.2) is 34.1 Å². The fourth-order valence-electron chi connectivity index (χ4n) is 3.13. The molecule has 0 saturated heterocycles. The van der Waals surface area contributed by atoms with E-state index < -0.39 is 0 Å². The number of H-pyrrole nitrogens is 1. The molecule has 7 nitrogen and oxygen atoms in total. The number of ether oxygens (including phenoxy) is 2. The quantitative estimate of drug-likeness (QED) is 0.521. The maximum absolute atomic E-state index is 5.77. The van der Waals surface area contributed by atoms with Gasteiger partial charge in [0.2, 0.25) is 0 Å². The SMILES string of the molecule is CCOc1ccc(OC)cc1Nc1cc(C)nc2ccc3nc[nH]c3c12.Cl.O. The van der Waals surface area contributed by atoms with Crippen molar-refractivity contribution in [2.75, 3.05) is 19.0 Å². The van der Waals surface area contributed by atoms with E-state index in [4.69, 9.17) is 9.47 Å². The summed E-state index contributed by atoms with van der Waals surface area (Å²) in [5.74, 6) is 1.53. The molecule has 0 saturated carbocycles. The van der Waals surface area contributed by atoms with E-state index in [1.807, 2.05) is 50.2 Å². The van der Waals surface area contributed by atoms with E-state index >= 15 is 0 Å². The summed E-state index contributed by atoms with van der Waals surface area (Å²) in [5, 5.41) is 4.50. The highest BCUT2D eigenvalue weighted by Gasteiger charge is 2.13. The van der Waals surface area contributed by atoms with Gasteiger partial charge in [-0.2, -0.15) is 0 Å². The monoisotopic (exact) mass is 402 g/mol. The number of aromatic amines is 1. The first-order chi connectivity index (χ1) is 12.7. The van der Waals surface area contributed by atoms with Crippen LogP contribution in [0, 0.1) is 6.92 Å². The third-order valence-corrected chi connectivity index (χ3v) is 4.25. The highest BCUT2D eigenvalue weighted by Crippen LogP contribution is 2.36. The van der Waals surface area contributed by atoms with Gasteiger partial charge in [-0.05, 0) is 44.2 Å². The zero-order chi connectivity index (χ0) is 18.1. The molecule has 0 amide bonds. The van der Waals surface area contributed by atoms with Crippen LogP contribution >= 0.6 is 12.4 Å². The van der Waals surface area contributed by atoms with Crippen LogP contribution in [0.15, 0.2) is 42.7 Å². The summed E-state index contributed by atoms with van der Waals surface area (Å²) in [6.07, 6.45) is 1.70. The zero-order valence-corrected chi connectivity index (χ0v) is 16.7. The molecule has 4 rings (SSSR count). The summed E-state index contributed by atoms with van der Waals surface area (Å²) < 4.78 is 11.1. The van der Waals surface area contributed by atoms with Gasteiger partial charge in [-0.25, -0.2) is 4.98 Å². The lowest BCUT2D eigenvalue weighted by Gasteiger charge is -2.16. The first kappa shape index (κ1) is 21.3. The number of benzene rings is 2. The van der Waals surface area contributed by atoms with E-state index in [9.17, 15) is 0 Å². The molecule has 0 atom stereocenters. The van der Waals surface area contributed by atoms with Gasteiger partial charge in [0.15, 0.2) is 0 Å². The summed E-state index contributed by atoms with van der Waals surface area (Å²) in [5.41, 5.74) is 5.48. The van der Waals surface area contributed by atoms with Gasteiger partial charge in [-0.3, -0.25) is 4.98 Å². The number of imidazole rings is 1. The molecule has 0 aliphatic carbocycles. The largest absolute Gasteiger partial charge is 0.497 e. The number of nitrogens with one attached hydrogen (secondary N) is 2. The Hall–Kier alpha value is -3.03. The van der Waals surface area contributed by atoms with E-state index in [0.29, 0.717) is 6.61 Å². The molecule has 0 aliphatic heterocycles. The van der Waals surface area contributed by atoms with Gasteiger partial charge in [0.1, 0.15) is 11.5 Å². The van der Waals surface area contributed by atoms with Crippen molar-refractivity contribution in [1.29, 1.82) is 0 Å². The van der Waals surface area contributed by atoms with Gasteiger partial charge in [0, 0.05) is 17.1 Å². The van der Waals surface area contributed by atoms with E-state index in [-0.39, 0.29) is 17.9 Å². The smallest absolute Gasteiger partial charge is 0.142 e. The van der Waals surface area contributed by atoms with Crippen molar-refractivity contribution in [3.8, 4) is 11.5 Å². The van der Waals surface area contributed by atoms with Crippen LogP contribution in [0.2, 0.25) is 0 Å². The van der Waals surface area contributed by atoms with Gasteiger partial charge < -0.3 is 25.3 Å². The van der Waals surface area contributed by atoms with Crippen LogP contribution in [0.25, 0.3) is 21.9 Å². The lowest BCUT2D eigenvalue weighted by atomic mass is 10.1. The minimum absolute atomic E-state index is 0. The molecule has 2 aromatic carbocycles. The van der Waals surface area contributed by atoms with Gasteiger partial charge >= 0.3 is 0 Å². The Morgan fingerprint density at radius 2 is 1.86 bits per heavy atom. The summed E-state index contributed by atoms with van der Waals surface area (Å²) in [4.78, 5) is 12.2. The number of halogens is 1. The lowest BCUT2D eigenvalue weighted by molar-refractivity contribution is 0.341. The van der Waals surface area contributed by atoms with Crippen molar-refractivity contribution in [2.24, 2.45) is 0 Å². The van der Waals surface area contributed by atoms with Gasteiger partial charge in [0.05, 0.1) is 48.0 Å². The highest BCUT2D eigenvalue weighted by atomic mass is 35.5. The molecule has 0 aliphatic rings. The number of aryl methyl sites for hydroxylation is 1. The molecule has 2 aromatic heterocycles. The van der Waals surface area contributed by atoms with Gasteiger partial charge in [-0.15, -0.1) is 12.4 Å². The number of fused-ring (bicyclic) bond motifs is 3. The normalized spacial score (nSPS) is 10.2. The van der Waals surface area contributed by atoms with E-state index in [0.717, 1.165) is 50.5 Å². The van der Waals surface area contributed by atoms with Crippen LogP contribution in [0.3, 0.4) is 0 Å². The third-order valence-electron chi connectivity index (χ3n) is 4.25. The predicted octanol–water partition coefficient (Wildman–Crippen LogP) is 4.17. The van der Waals surface area contributed by atoms with E-state index in [2.05, 4.69) is 20.3 Å². The first-order valence-corrected chi connectivity index (χ1v) is 8.51. The molecule has 2 heterocycles. The molecule has 148 valence electrons. The molecule has 0 radical (unpaired) electrons. The van der Waals surface area contributed by atoms with Crippen molar-refractivity contribution in [3.05, 3.63) is 48.4 Å². The second kappa shape index (κ2) is 8.77. The topological polar surface area (TPSA) is 104 Å². The van der Waals surface area contributed by atoms with Crippen LogP contribution in [-0.2, 0) is 0 Å². The Labute approximate surface area is 168 Å². The molecule has 4 aromatic rings. The van der Waals surface area contributed by atoms with Crippen molar-refractivity contribution < 1.29 is 14.9 Å². The third kappa shape index (κ3) is 3.81. The summed E-state index contributed by atoms with van der Waals surface area (Å²) >= 11 is 0. The van der Waals surface area contributed by atoms with Crippen molar-refractivity contribution in [3.63, 3.8) is 0 Å². The Morgan fingerprint density at radius 1 is 1.07 bits per heavy atom. The lowest BCUT2D eigenvalue weighted by Crippen LogP contribution is -2.00. The van der Waals surface area contributed by atoms with Crippen LogP contribution < -0.4 is 14.8 Å². The van der Waals surface area contributed by atoms with Crippen molar-refractivity contribution in [2.45, 2.75) is 13.8 Å². The summed E-state index contributed by atoms with van der Waals surface area (Å²) in [7, 11) is 1.65. The Kier molecular flexibility index (Phi) is 6.66. The molecule has 4 N–H and O–H groups in total. The molecular formula is C20H23ClN4O3. The minimum atomic E-state index is 0. The molecule has 0 fully saturated rings. The number of aromatic nitrogens is 3. The highest BCUT2D eigenvalue weighted by molar-refractivity contribution is 6.10. The Balaban J connectivity index is 0.00000140. The Bertz CT molecular complexity index is 1100. The molecule has 8 heteroatoms. The second-order valence-electron chi connectivity index (χ2n) is 5.99. The average Bonchev–Trinajstić information content (AvgIpc) is 3.11. The number of methoxy groups -OCH3 is 1. The minimum Gasteiger partial charge on any atom is -0.497 e. The van der Waals surface area contributed by atoms with Gasteiger partial charge in [-0.1, -0.05) is 0 Å². The Morgan fingerprint density at radius 3 is 2.61 bits per heavy atom. The predicted molar refractivity (Wildman–Crippen MR) is 114 cm³/mol. The molecule has 0 unspecified atom stereocenters. The van der Waals surface area contributed by atoms with Crippen LogP contribution in [0.4, 0.5) is 11.4 Å². The summed E-state index contributed by atoms with van der Waals surface area (Å²) in [6.45, 7) is 4.53. The van der Waals surface area contributed by atoms with Gasteiger partial charge in [0.25, 0.3) is 0 Å². The van der Waals surface area contributed by atoms with Crippen molar-refractivity contribution >= 4 is 45.7 Å². The number of hydrogen-bond acceptors (Lipinski definition) is 5. The fraction of sp³-hybridized carbons (Fsp3) is 0.200.